The minimum absolute atomic E-state index is 0.00992. The van der Waals surface area contributed by atoms with Gasteiger partial charge in [0.05, 0.1) is 17.7 Å². The predicted molar refractivity (Wildman–Crippen MR) is 177 cm³/mol. The summed E-state index contributed by atoms with van der Waals surface area (Å²) in [5.41, 5.74) is -1.54. The number of aliphatic hydroxyl groups is 1. The molecular weight excluding hydrogens is 625 g/mol. The monoisotopic (exact) mass is 673 g/mol. The van der Waals surface area contributed by atoms with Gasteiger partial charge in [0.25, 0.3) is 0 Å². The number of fused-ring (bicyclic) bond motifs is 1. The highest BCUT2D eigenvalue weighted by atomic mass is 35.5. The third kappa shape index (κ3) is 5.89. The van der Waals surface area contributed by atoms with Crippen LogP contribution >= 0.6 is 11.6 Å². The molecule has 10 nitrogen and oxygen atoms in total. The molecule has 1 aromatic carbocycles. The number of aliphatic carboxylic acids is 1. The number of ether oxygens (including phenoxy) is 2. The van der Waals surface area contributed by atoms with Crippen molar-refractivity contribution in [1.82, 2.24) is 5.32 Å². The van der Waals surface area contributed by atoms with Crippen LogP contribution in [-0.2, 0) is 32.1 Å². The number of carboxylic acids is 1. The SMILES string of the molecule is C=C[C@]1(C)C[C@@H](C(Oc2cc(CNC(=O)OC(C)(C)C)c3c(c2Cl)B(O)OC3)C(=O)O)[C@@]2(C)[C@H](C)CC[C@]3(CCC(=O)[C@H]32)[C@@H](C)[C@@H]1O. The van der Waals surface area contributed by atoms with E-state index in [1.54, 1.807) is 32.9 Å². The third-order valence-electron chi connectivity index (χ3n) is 12.2. The number of Topliss-reactive ketones (excluding diaryl/α,β-unsaturated/α-hetero) is 1. The van der Waals surface area contributed by atoms with Crippen LogP contribution in [0.2, 0.25) is 5.02 Å². The molecule has 4 aliphatic rings. The number of hydrogen-bond donors (Lipinski definition) is 4. The predicted octanol–water partition coefficient (Wildman–Crippen LogP) is 5.03. The van der Waals surface area contributed by atoms with E-state index in [9.17, 15) is 29.6 Å². The second-order valence-electron chi connectivity index (χ2n) is 15.8. The number of halogens is 1. The number of hydrogen-bond acceptors (Lipinski definition) is 8. The number of benzene rings is 1. The van der Waals surface area contributed by atoms with Gasteiger partial charge in [0.15, 0.2) is 6.10 Å². The van der Waals surface area contributed by atoms with E-state index in [1.165, 1.54) is 0 Å². The molecule has 0 saturated heterocycles. The van der Waals surface area contributed by atoms with E-state index in [0.29, 0.717) is 24.0 Å². The topological polar surface area (TPSA) is 152 Å². The van der Waals surface area contributed by atoms with Gasteiger partial charge in [0.1, 0.15) is 17.1 Å². The molecule has 1 heterocycles. The van der Waals surface area contributed by atoms with E-state index < -0.39 is 65.1 Å². The van der Waals surface area contributed by atoms with Crippen molar-refractivity contribution in [2.45, 2.75) is 112 Å². The van der Waals surface area contributed by atoms with Crippen molar-refractivity contribution < 1.29 is 43.7 Å². The Morgan fingerprint density at radius 2 is 1.96 bits per heavy atom. The average Bonchev–Trinajstić information content (AvgIpc) is 3.56. The van der Waals surface area contributed by atoms with Gasteiger partial charge in [-0.25, -0.2) is 9.59 Å². The van der Waals surface area contributed by atoms with Crippen molar-refractivity contribution in [3.63, 3.8) is 0 Å². The molecule has 5 rings (SSSR count). The zero-order valence-corrected chi connectivity index (χ0v) is 29.3. The van der Waals surface area contributed by atoms with E-state index in [2.05, 4.69) is 18.8 Å². The number of ketones is 1. The van der Waals surface area contributed by atoms with Crippen molar-refractivity contribution in [2.75, 3.05) is 0 Å². The van der Waals surface area contributed by atoms with Crippen LogP contribution in [0.5, 0.6) is 5.75 Å². The molecule has 12 heteroatoms. The van der Waals surface area contributed by atoms with Gasteiger partial charge in [-0.3, -0.25) is 4.79 Å². The Balaban J connectivity index is 1.61. The van der Waals surface area contributed by atoms with Crippen molar-refractivity contribution >= 4 is 42.0 Å². The number of carboxylic acid groups (broad SMARTS) is 1. The number of alkyl carbamates (subject to hydrolysis) is 1. The maximum Gasteiger partial charge on any atom is 0.493 e. The molecule has 1 aromatic rings. The van der Waals surface area contributed by atoms with Gasteiger partial charge >= 0.3 is 19.2 Å². The molecule has 0 spiro atoms. The lowest BCUT2D eigenvalue weighted by molar-refractivity contribution is -0.193. The van der Waals surface area contributed by atoms with Crippen molar-refractivity contribution in [3.05, 3.63) is 34.9 Å². The number of rotatable bonds is 7. The summed E-state index contributed by atoms with van der Waals surface area (Å²) in [5.74, 6) is -2.52. The standard InChI is InChI=1S/C35H49BClNO9/c1-9-33(7)15-22(34(8)18(2)10-12-35(19(3)29(33)40)13-11-23(39)28(34)35)27(30(41)42)46-24-14-20(16-38-31(43)47-32(4,5)6)21-17-45-36(44)25(21)26(24)37/h9,14,18-19,22,27-29,40,44H,1,10-13,15-17H2,2-8H3,(H,38,43)(H,41,42)/t18-,19+,22+,27?,28+,29+,33-,34-,35+/m1/s1. The van der Waals surface area contributed by atoms with E-state index in [0.717, 1.165) is 12.8 Å². The van der Waals surface area contributed by atoms with E-state index in [-0.39, 0.29) is 53.4 Å². The summed E-state index contributed by atoms with van der Waals surface area (Å²) in [7, 11) is -1.38. The number of aliphatic hydroxyl groups excluding tert-OH is 1. The maximum atomic E-state index is 13.9. The van der Waals surface area contributed by atoms with Crippen molar-refractivity contribution in [3.8, 4) is 5.75 Å². The highest BCUT2D eigenvalue weighted by Gasteiger charge is 2.69. The number of carbonyl (C=O) groups excluding carboxylic acids is 2. The summed E-state index contributed by atoms with van der Waals surface area (Å²) in [4.78, 5) is 39.8. The normalized spacial score (nSPS) is 35.7. The van der Waals surface area contributed by atoms with Crippen LogP contribution < -0.4 is 15.5 Å². The molecule has 2 bridgehead atoms. The summed E-state index contributed by atoms with van der Waals surface area (Å²) in [6, 6.07) is 1.57. The zero-order valence-electron chi connectivity index (χ0n) is 28.5. The highest BCUT2D eigenvalue weighted by Crippen LogP contribution is 2.69. The van der Waals surface area contributed by atoms with Crippen LogP contribution in [-0.4, -0.2) is 58.0 Å². The molecule has 1 amide bonds. The van der Waals surface area contributed by atoms with Crippen LogP contribution in [0.1, 0.15) is 91.7 Å². The molecule has 1 aliphatic heterocycles. The Bertz CT molecular complexity index is 1460. The van der Waals surface area contributed by atoms with Crippen LogP contribution in [0.25, 0.3) is 0 Å². The Morgan fingerprint density at radius 3 is 2.57 bits per heavy atom. The molecular formula is C35H49BClNO9. The van der Waals surface area contributed by atoms with Crippen molar-refractivity contribution in [2.24, 2.45) is 39.9 Å². The van der Waals surface area contributed by atoms with E-state index in [4.69, 9.17) is 25.7 Å². The molecule has 4 N–H and O–H groups in total. The summed E-state index contributed by atoms with van der Waals surface area (Å²) in [6.45, 7) is 17.4. The number of carbonyl (C=O) groups is 3. The van der Waals surface area contributed by atoms with Gasteiger partial charge in [-0.15, -0.1) is 6.58 Å². The molecule has 0 aromatic heterocycles. The number of amides is 1. The largest absolute Gasteiger partial charge is 0.493 e. The van der Waals surface area contributed by atoms with Crippen LogP contribution in [0, 0.1) is 39.9 Å². The van der Waals surface area contributed by atoms with Crippen LogP contribution in [0.15, 0.2) is 18.7 Å². The summed E-state index contributed by atoms with van der Waals surface area (Å²) < 4.78 is 17.3. The van der Waals surface area contributed by atoms with Crippen LogP contribution in [0.3, 0.4) is 0 Å². The first-order valence-electron chi connectivity index (χ1n) is 16.6. The lowest BCUT2D eigenvalue weighted by Gasteiger charge is -2.63. The van der Waals surface area contributed by atoms with Gasteiger partial charge in [-0.05, 0) is 86.3 Å². The summed E-state index contributed by atoms with van der Waals surface area (Å²) in [5, 5.41) is 36.3. The molecule has 9 atom stereocenters. The lowest BCUT2D eigenvalue weighted by atomic mass is 9.41. The fourth-order valence-corrected chi connectivity index (χ4v) is 9.81. The smallest absolute Gasteiger partial charge is 0.478 e. The van der Waals surface area contributed by atoms with E-state index in [1.807, 2.05) is 20.8 Å². The second kappa shape index (κ2) is 12.4. The molecule has 47 heavy (non-hydrogen) atoms. The van der Waals surface area contributed by atoms with Gasteiger partial charge in [0, 0.05) is 35.7 Å². The Labute approximate surface area is 282 Å². The average molecular weight is 674 g/mol. The van der Waals surface area contributed by atoms with Gasteiger partial charge in [-0.1, -0.05) is 45.4 Å². The zero-order chi connectivity index (χ0) is 34.9. The summed E-state index contributed by atoms with van der Waals surface area (Å²) >= 11 is 6.84. The minimum atomic E-state index is -1.48. The Morgan fingerprint density at radius 1 is 1.28 bits per heavy atom. The lowest BCUT2D eigenvalue weighted by Crippen LogP contribution is -2.63. The van der Waals surface area contributed by atoms with E-state index >= 15 is 0 Å². The summed E-state index contributed by atoms with van der Waals surface area (Å²) in [6.07, 6.45) is 1.55. The molecule has 3 saturated carbocycles. The van der Waals surface area contributed by atoms with Crippen molar-refractivity contribution in [1.29, 1.82) is 0 Å². The molecule has 3 aliphatic carbocycles. The highest BCUT2D eigenvalue weighted by molar-refractivity contribution is 6.65. The Kier molecular flexibility index (Phi) is 9.40. The van der Waals surface area contributed by atoms with Crippen LogP contribution in [0.4, 0.5) is 4.79 Å². The third-order valence-corrected chi connectivity index (χ3v) is 12.6. The second-order valence-corrected chi connectivity index (χ2v) is 16.2. The molecule has 258 valence electrons. The van der Waals surface area contributed by atoms with Gasteiger partial charge in [0.2, 0.25) is 0 Å². The first kappa shape index (κ1) is 35.7. The fourth-order valence-electron chi connectivity index (χ4n) is 9.50. The maximum absolute atomic E-state index is 13.9. The molecule has 3 fully saturated rings. The first-order chi connectivity index (χ1) is 21.8. The fraction of sp³-hybridized carbons (Fsp3) is 0.686. The molecule has 0 radical (unpaired) electrons. The van der Waals surface area contributed by atoms with Gasteiger partial charge < -0.3 is 34.7 Å². The molecule has 1 unspecified atom stereocenters. The minimum Gasteiger partial charge on any atom is -0.478 e. The first-order valence-corrected chi connectivity index (χ1v) is 17.0. The van der Waals surface area contributed by atoms with Gasteiger partial charge in [-0.2, -0.15) is 0 Å². The quantitative estimate of drug-likeness (QED) is 0.231. The number of nitrogens with one attached hydrogen (secondary N) is 1. The Hall–Kier alpha value is -2.60.